The summed E-state index contributed by atoms with van der Waals surface area (Å²) in [5, 5.41) is 0. The number of rotatable bonds is 5. The van der Waals surface area contributed by atoms with Gasteiger partial charge in [-0.05, 0) is 55.4 Å². The van der Waals surface area contributed by atoms with Crippen LogP contribution in [0.4, 0.5) is 0 Å². The molecule has 0 bridgehead atoms. The van der Waals surface area contributed by atoms with Gasteiger partial charge in [-0.15, -0.1) is 0 Å². The summed E-state index contributed by atoms with van der Waals surface area (Å²) < 4.78 is 0. The lowest BCUT2D eigenvalue weighted by Crippen LogP contribution is -2.43. The highest BCUT2D eigenvalue weighted by molar-refractivity contribution is 7.98. The molecule has 0 aliphatic heterocycles. The van der Waals surface area contributed by atoms with E-state index in [0.29, 0.717) is 6.04 Å². The molecule has 2 nitrogen and oxygen atoms in total. The van der Waals surface area contributed by atoms with Crippen molar-refractivity contribution < 1.29 is 0 Å². The molecule has 90 valence electrons. The van der Waals surface area contributed by atoms with Gasteiger partial charge in [-0.1, -0.05) is 13.8 Å². The Bertz CT molecular complexity index is 165. The van der Waals surface area contributed by atoms with Gasteiger partial charge >= 0.3 is 0 Å². The van der Waals surface area contributed by atoms with Crippen LogP contribution in [0, 0.1) is 17.8 Å². The summed E-state index contributed by atoms with van der Waals surface area (Å²) in [6.45, 7) is 4.76. The van der Waals surface area contributed by atoms with E-state index in [1.54, 1.807) is 0 Å². The summed E-state index contributed by atoms with van der Waals surface area (Å²) in [4.78, 5) is 0. The van der Waals surface area contributed by atoms with Crippen molar-refractivity contribution in [1.82, 2.24) is 5.43 Å². The van der Waals surface area contributed by atoms with Crippen LogP contribution < -0.4 is 11.3 Å². The molecule has 1 aliphatic rings. The van der Waals surface area contributed by atoms with Gasteiger partial charge in [0, 0.05) is 6.04 Å². The van der Waals surface area contributed by atoms with Crippen LogP contribution in [0.25, 0.3) is 0 Å². The summed E-state index contributed by atoms with van der Waals surface area (Å²) in [5.41, 5.74) is 3.03. The fourth-order valence-electron chi connectivity index (χ4n) is 3.04. The molecule has 1 fully saturated rings. The van der Waals surface area contributed by atoms with Crippen LogP contribution in [0.5, 0.6) is 0 Å². The lowest BCUT2D eigenvalue weighted by Gasteiger charge is -2.36. The Balaban J connectivity index is 2.43. The predicted octanol–water partition coefficient (Wildman–Crippen LogP) is 2.64. The van der Waals surface area contributed by atoms with Crippen LogP contribution >= 0.6 is 11.8 Å². The third-order valence-corrected chi connectivity index (χ3v) is 4.28. The van der Waals surface area contributed by atoms with Gasteiger partial charge in [0.15, 0.2) is 0 Å². The largest absolute Gasteiger partial charge is 0.271 e. The smallest absolute Gasteiger partial charge is 0.0246 e. The molecule has 0 aromatic carbocycles. The third kappa shape index (κ3) is 4.33. The lowest BCUT2D eigenvalue weighted by molar-refractivity contribution is 0.174. The van der Waals surface area contributed by atoms with Gasteiger partial charge in [-0.25, -0.2) is 0 Å². The molecule has 0 heterocycles. The zero-order valence-corrected chi connectivity index (χ0v) is 11.1. The first-order valence-electron chi connectivity index (χ1n) is 6.12. The van der Waals surface area contributed by atoms with Crippen molar-refractivity contribution in [2.24, 2.45) is 23.6 Å². The molecule has 0 spiro atoms. The van der Waals surface area contributed by atoms with E-state index in [2.05, 4.69) is 25.5 Å². The minimum atomic E-state index is 0.530. The summed E-state index contributed by atoms with van der Waals surface area (Å²) in [6.07, 6.45) is 7.49. The van der Waals surface area contributed by atoms with E-state index in [-0.39, 0.29) is 0 Å². The first-order valence-corrected chi connectivity index (χ1v) is 7.51. The molecule has 0 aromatic rings. The average molecular weight is 230 g/mol. The van der Waals surface area contributed by atoms with Gasteiger partial charge in [-0.2, -0.15) is 11.8 Å². The lowest BCUT2D eigenvalue weighted by atomic mass is 9.73. The van der Waals surface area contributed by atoms with Gasteiger partial charge in [0.1, 0.15) is 0 Å². The van der Waals surface area contributed by atoms with Crippen molar-refractivity contribution >= 4 is 11.8 Å². The van der Waals surface area contributed by atoms with Gasteiger partial charge in [0.05, 0.1) is 0 Å². The third-order valence-electron chi connectivity index (χ3n) is 3.63. The predicted molar refractivity (Wildman–Crippen MR) is 69.8 cm³/mol. The minimum Gasteiger partial charge on any atom is -0.271 e. The molecule has 1 aliphatic carbocycles. The Morgan fingerprint density at radius 3 is 2.33 bits per heavy atom. The first kappa shape index (κ1) is 13.3. The second kappa shape index (κ2) is 6.77. The Morgan fingerprint density at radius 2 is 1.87 bits per heavy atom. The van der Waals surface area contributed by atoms with Gasteiger partial charge < -0.3 is 0 Å². The number of hydrogen-bond donors (Lipinski definition) is 2. The summed E-state index contributed by atoms with van der Waals surface area (Å²) in [7, 11) is 0. The SMILES string of the molecule is CSCCC(NN)C1CC(C)CC(C)C1. The van der Waals surface area contributed by atoms with Crippen molar-refractivity contribution in [3.63, 3.8) is 0 Å². The molecule has 0 saturated heterocycles. The minimum absolute atomic E-state index is 0.530. The highest BCUT2D eigenvalue weighted by atomic mass is 32.2. The summed E-state index contributed by atoms with van der Waals surface area (Å²) in [6, 6.07) is 0.530. The number of hydrogen-bond acceptors (Lipinski definition) is 3. The summed E-state index contributed by atoms with van der Waals surface area (Å²) in [5.74, 6) is 9.44. The van der Waals surface area contributed by atoms with E-state index in [4.69, 9.17) is 5.84 Å². The van der Waals surface area contributed by atoms with E-state index in [1.807, 2.05) is 11.8 Å². The fourth-order valence-corrected chi connectivity index (χ4v) is 3.53. The number of hydrazine groups is 1. The normalized spacial score (nSPS) is 34.0. The van der Waals surface area contributed by atoms with Gasteiger partial charge in [0.25, 0.3) is 0 Å². The Kier molecular flexibility index (Phi) is 6.02. The van der Waals surface area contributed by atoms with E-state index in [9.17, 15) is 0 Å². The summed E-state index contributed by atoms with van der Waals surface area (Å²) >= 11 is 1.92. The molecule has 3 N–H and O–H groups in total. The zero-order chi connectivity index (χ0) is 11.3. The second-order valence-corrected chi connectivity index (χ2v) is 6.22. The Hall–Kier alpha value is 0.270. The molecular formula is C12H26N2S. The average Bonchev–Trinajstić information content (AvgIpc) is 2.17. The molecule has 3 atom stereocenters. The first-order chi connectivity index (χ1) is 7.17. The molecule has 3 unspecified atom stereocenters. The molecule has 15 heavy (non-hydrogen) atoms. The molecular weight excluding hydrogens is 204 g/mol. The maximum Gasteiger partial charge on any atom is 0.0246 e. The molecule has 1 saturated carbocycles. The number of thioether (sulfide) groups is 1. The standard InChI is InChI=1S/C12H26N2S/c1-9-6-10(2)8-11(7-9)12(14-13)4-5-15-3/h9-12,14H,4-8,13H2,1-3H3. The maximum atomic E-state index is 5.68. The highest BCUT2D eigenvalue weighted by Gasteiger charge is 2.29. The zero-order valence-electron chi connectivity index (χ0n) is 10.3. The van der Waals surface area contributed by atoms with Crippen molar-refractivity contribution in [2.45, 2.75) is 45.6 Å². The van der Waals surface area contributed by atoms with Crippen LogP contribution in [0.2, 0.25) is 0 Å². The molecule has 0 amide bonds. The van der Waals surface area contributed by atoms with Crippen LogP contribution in [0.1, 0.15) is 39.5 Å². The highest BCUT2D eigenvalue weighted by Crippen LogP contribution is 2.35. The van der Waals surface area contributed by atoms with E-state index >= 15 is 0 Å². The van der Waals surface area contributed by atoms with Crippen molar-refractivity contribution in [3.05, 3.63) is 0 Å². The molecule has 0 aromatic heterocycles. The Morgan fingerprint density at radius 1 is 1.27 bits per heavy atom. The van der Waals surface area contributed by atoms with Gasteiger partial charge in [0.2, 0.25) is 0 Å². The van der Waals surface area contributed by atoms with Crippen LogP contribution in [0.3, 0.4) is 0 Å². The van der Waals surface area contributed by atoms with Crippen molar-refractivity contribution in [3.8, 4) is 0 Å². The van der Waals surface area contributed by atoms with Gasteiger partial charge in [-0.3, -0.25) is 11.3 Å². The maximum absolute atomic E-state index is 5.68. The van der Waals surface area contributed by atoms with Crippen molar-refractivity contribution in [2.75, 3.05) is 12.0 Å². The number of nitrogens with one attached hydrogen (secondary N) is 1. The molecule has 0 radical (unpaired) electrons. The second-order valence-electron chi connectivity index (χ2n) is 5.23. The molecule has 1 rings (SSSR count). The van der Waals surface area contributed by atoms with E-state index in [0.717, 1.165) is 17.8 Å². The fraction of sp³-hybridized carbons (Fsp3) is 1.00. The molecule has 3 heteroatoms. The van der Waals surface area contributed by atoms with Crippen LogP contribution in [0.15, 0.2) is 0 Å². The topological polar surface area (TPSA) is 38.0 Å². The number of nitrogens with two attached hydrogens (primary N) is 1. The van der Waals surface area contributed by atoms with E-state index in [1.165, 1.54) is 31.4 Å². The Labute approximate surface area is 98.7 Å². The van der Waals surface area contributed by atoms with Crippen LogP contribution in [-0.4, -0.2) is 18.1 Å². The van der Waals surface area contributed by atoms with Crippen LogP contribution in [-0.2, 0) is 0 Å². The monoisotopic (exact) mass is 230 g/mol. The van der Waals surface area contributed by atoms with Crippen molar-refractivity contribution in [1.29, 1.82) is 0 Å². The van der Waals surface area contributed by atoms with E-state index < -0.39 is 0 Å². The quantitative estimate of drug-likeness (QED) is 0.563.